The fraction of sp³-hybridized carbons (Fsp3) is 0.600. The Kier molecular flexibility index (Phi) is 4.45. The van der Waals surface area contributed by atoms with Crippen LogP contribution in [0.3, 0.4) is 0 Å². The Balaban J connectivity index is 1.81. The summed E-state index contributed by atoms with van der Waals surface area (Å²) in [5.74, 6) is 1.37. The van der Waals surface area contributed by atoms with Gasteiger partial charge in [0, 0.05) is 17.9 Å². The molecule has 0 spiro atoms. The maximum atomic E-state index is 13.2. The molecule has 100 valence electrons. The average Bonchev–Trinajstić information content (AvgIpc) is 2.36. The van der Waals surface area contributed by atoms with Crippen molar-refractivity contribution >= 4 is 11.4 Å². The summed E-state index contributed by atoms with van der Waals surface area (Å²) in [4.78, 5) is 0. The molecule has 0 atom stereocenters. The molecule has 1 fully saturated rings. The van der Waals surface area contributed by atoms with E-state index in [2.05, 4.69) is 12.2 Å². The summed E-state index contributed by atoms with van der Waals surface area (Å²) in [5, 5.41) is 3.31. The van der Waals surface area contributed by atoms with Gasteiger partial charge in [-0.2, -0.15) is 0 Å². The highest BCUT2D eigenvalue weighted by molar-refractivity contribution is 5.54. The van der Waals surface area contributed by atoms with Crippen LogP contribution in [0.1, 0.15) is 39.0 Å². The van der Waals surface area contributed by atoms with Crippen molar-refractivity contribution in [2.45, 2.75) is 39.0 Å². The second kappa shape index (κ2) is 6.07. The van der Waals surface area contributed by atoms with Gasteiger partial charge in [0.05, 0.1) is 0 Å². The van der Waals surface area contributed by atoms with Crippen LogP contribution in [0.15, 0.2) is 18.2 Å². The van der Waals surface area contributed by atoms with Crippen LogP contribution in [0.5, 0.6) is 0 Å². The van der Waals surface area contributed by atoms with Crippen molar-refractivity contribution < 1.29 is 4.39 Å². The maximum Gasteiger partial charge on any atom is 0.127 e. The van der Waals surface area contributed by atoms with Crippen molar-refractivity contribution in [2.24, 2.45) is 11.8 Å². The van der Waals surface area contributed by atoms with Gasteiger partial charge in [-0.3, -0.25) is 0 Å². The molecule has 3 heteroatoms. The van der Waals surface area contributed by atoms with Gasteiger partial charge in [-0.15, -0.1) is 0 Å². The molecule has 0 amide bonds. The van der Waals surface area contributed by atoms with E-state index in [4.69, 9.17) is 5.73 Å². The van der Waals surface area contributed by atoms with Gasteiger partial charge >= 0.3 is 0 Å². The Bertz CT molecular complexity index is 364. The molecule has 0 radical (unpaired) electrons. The normalized spacial score (nSPS) is 23.9. The van der Waals surface area contributed by atoms with E-state index in [0.717, 1.165) is 24.1 Å². The topological polar surface area (TPSA) is 38.0 Å². The highest BCUT2D eigenvalue weighted by Crippen LogP contribution is 2.30. The Morgan fingerprint density at radius 1 is 1.17 bits per heavy atom. The minimum absolute atomic E-state index is 0.271. The second-order valence-corrected chi connectivity index (χ2v) is 5.45. The average molecular weight is 250 g/mol. The summed E-state index contributed by atoms with van der Waals surface area (Å²) >= 11 is 0. The number of nitrogens with two attached hydrogens (primary N) is 1. The summed E-state index contributed by atoms with van der Waals surface area (Å²) in [7, 11) is 0. The van der Waals surface area contributed by atoms with E-state index >= 15 is 0 Å². The van der Waals surface area contributed by atoms with Crippen LogP contribution in [-0.2, 0) is 0 Å². The van der Waals surface area contributed by atoms with Gasteiger partial charge in [0.2, 0.25) is 0 Å². The minimum Gasteiger partial charge on any atom is -0.399 e. The molecule has 0 unspecified atom stereocenters. The van der Waals surface area contributed by atoms with Crippen molar-refractivity contribution in [3.63, 3.8) is 0 Å². The zero-order chi connectivity index (χ0) is 13.0. The number of nitrogen functional groups attached to an aromatic ring is 1. The lowest BCUT2D eigenvalue weighted by Gasteiger charge is -2.28. The van der Waals surface area contributed by atoms with Crippen LogP contribution in [0, 0.1) is 17.7 Å². The van der Waals surface area contributed by atoms with E-state index < -0.39 is 0 Å². The lowest BCUT2D eigenvalue weighted by Crippen LogP contribution is -2.21. The molecule has 0 aliphatic heterocycles. The highest BCUT2D eigenvalue weighted by atomic mass is 19.1. The predicted molar refractivity (Wildman–Crippen MR) is 75.0 cm³/mol. The van der Waals surface area contributed by atoms with Crippen LogP contribution in [0.2, 0.25) is 0 Å². The van der Waals surface area contributed by atoms with Crippen molar-refractivity contribution in [3.8, 4) is 0 Å². The van der Waals surface area contributed by atoms with Gasteiger partial charge in [-0.05, 0) is 42.9 Å². The largest absolute Gasteiger partial charge is 0.399 e. The number of rotatable bonds is 4. The van der Waals surface area contributed by atoms with Crippen LogP contribution in [-0.4, -0.2) is 6.54 Å². The molecule has 2 nitrogen and oxygen atoms in total. The van der Waals surface area contributed by atoms with Crippen molar-refractivity contribution in [1.29, 1.82) is 0 Å². The Morgan fingerprint density at radius 2 is 1.83 bits per heavy atom. The first-order valence-electron chi connectivity index (χ1n) is 6.97. The van der Waals surface area contributed by atoms with E-state index in [-0.39, 0.29) is 5.82 Å². The first-order valence-corrected chi connectivity index (χ1v) is 6.97. The Labute approximate surface area is 109 Å². The SMILES string of the molecule is CCC1CCC(CNc2cc(N)cc(F)c2)CC1. The van der Waals surface area contributed by atoms with Gasteiger partial charge in [0.15, 0.2) is 0 Å². The van der Waals surface area contributed by atoms with Crippen molar-refractivity contribution in [2.75, 3.05) is 17.6 Å². The molecule has 0 bridgehead atoms. The monoisotopic (exact) mass is 250 g/mol. The van der Waals surface area contributed by atoms with Crippen LogP contribution >= 0.6 is 0 Å². The summed E-state index contributed by atoms with van der Waals surface area (Å²) < 4.78 is 13.2. The third-order valence-corrected chi connectivity index (χ3v) is 4.06. The molecule has 2 rings (SSSR count). The standard InChI is InChI=1S/C15H23FN2/c1-2-11-3-5-12(6-4-11)10-18-15-8-13(16)7-14(17)9-15/h7-9,11-12,18H,2-6,10,17H2,1H3. The van der Waals surface area contributed by atoms with E-state index in [1.54, 1.807) is 6.07 Å². The zero-order valence-electron chi connectivity index (χ0n) is 11.1. The third kappa shape index (κ3) is 3.62. The van der Waals surface area contributed by atoms with E-state index in [1.165, 1.54) is 44.2 Å². The Morgan fingerprint density at radius 3 is 2.44 bits per heavy atom. The van der Waals surface area contributed by atoms with Crippen LogP contribution in [0.4, 0.5) is 15.8 Å². The molecule has 1 saturated carbocycles. The minimum atomic E-state index is -0.271. The van der Waals surface area contributed by atoms with E-state index in [0.29, 0.717) is 5.69 Å². The third-order valence-electron chi connectivity index (χ3n) is 4.06. The molecular weight excluding hydrogens is 227 g/mol. The molecular formula is C15H23FN2. The summed E-state index contributed by atoms with van der Waals surface area (Å²) in [5.41, 5.74) is 6.90. The van der Waals surface area contributed by atoms with Gasteiger partial charge in [0.25, 0.3) is 0 Å². The summed E-state index contributed by atoms with van der Waals surface area (Å²) in [6, 6.07) is 4.65. The summed E-state index contributed by atoms with van der Waals surface area (Å²) in [6.07, 6.45) is 6.56. The molecule has 1 aliphatic rings. The first kappa shape index (κ1) is 13.2. The maximum absolute atomic E-state index is 13.2. The van der Waals surface area contributed by atoms with E-state index in [1.807, 2.05) is 0 Å². The zero-order valence-corrected chi connectivity index (χ0v) is 11.1. The predicted octanol–water partition coefficient (Wildman–Crippen LogP) is 4.04. The number of hydrogen-bond acceptors (Lipinski definition) is 2. The van der Waals surface area contributed by atoms with Crippen molar-refractivity contribution in [1.82, 2.24) is 0 Å². The second-order valence-electron chi connectivity index (χ2n) is 5.45. The lowest BCUT2D eigenvalue weighted by atomic mass is 9.81. The molecule has 1 aromatic carbocycles. The van der Waals surface area contributed by atoms with Crippen LogP contribution < -0.4 is 11.1 Å². The number of benzene rings is 1. The number of halogens is 1. The van der Waals surface area contributed by atoms with Gasteiger partial charge in [-0.1, -0.05) is 26.2 Å². The fourth-order valence-electron chi connectivity index (χ4n) is 2.82. The molecule has 1 aliphatic carbocycles. The molecule has 0 aromatic heterocycles. The molecule has 3 N–H and O–H groups in total. The molecule has 0 saturated heterocycles. The van der Waals surface area contributed by atoms with Gasteiger partial charge < -0.3 is 11.1 Å². The van der Waals surface area contributed by atoms with Crippen molar-refractivity contribution in [3.05, 3.63) is 24.0 Å². The fourth-order valence-corrected chi connectivity index (χ4v) is 2.82. The van der Waals surface area contributed by atoms with E-state index in [9.17, 15) is 4.39 Å². The quantitative estimate of drug-likeness (QED) is 0.792. The number of nitrogens with one attached hydrogen (secondary N) is 1. The summed E-state index contributed by atoms with van der Waals surface area (Å²) in [6.45, 7) is 3.21. The smallest absolute Gasteiger partial charge is 0.127 e. The number of anilines is 2. The van der Waals surface area contributed by atoms with Gasteiger partial charge in [-0.25, -0.2) is 4.39 Å². The Hall–Kier alpha value is -1.25. The van der Waals surface area contributed by atoms with Crippen LogP contribution in [0.25, 0.3) is 0 Å². The molecule has 0 heterocycles. The molecule has 18 heavy (non-hydrogen) atoms. The highest BCUT2D eigenvalue weighted by Gasteiger charge is 2.19. The first-order chi connectivity index (χ1) is 8.67. The van der Waals surface area contributed by atoms with Gasteiger partial charge in [0.1, 0.15) is 5.82 Å². The lowest BCUT2D eigenvalue weighted by molar-refractivity contribution is 0.278. The number of hydrogen-bond donors (Lipinski definition) is 2. The molecule has 1 aromatic rings.